The van der Waals surface area contributed by atoms with Crippen LogP contribution in [-0.2, 0) is 4.74 Å². The summed E-state index contributed by atoms with van der Waals surface area (Å²) in [5, 5.41) is 9.07. The van der Waals surface area contributed by atoms with Gasteiger partial charge in [0.2, 0.25) is 0 Å². The summed E-state index contributed by atoms with van der Waals surface area (Å²) in [6, 6.07) is 0. The zero-order valence-electron chi connectivity index (χ0n) is 9.02. The van der Waals surface area contributed by atoms with Gasteiger partial charge in [0.1, 0.15) is 5.60 Å². The maximum atomic E-state index is 11.3. The van der Waals surface area contributed by atoms with Gasteiger partial charge in [0.25, 0.3) is 0 Å². The van der Waals surface area contributed by atoms with Crippen molar-refractivity contribution in [3.05, 3.63) is 0 Å². The number of piperazine rings is 1. The molecule has 1 heterocycles. The Morgan fingerprint density at radius 1 is 1.43 bits per heavy atom. The van der Waals surface area contributed by atoms with Gasteiger partial charge in [-0.15, -0.1) is 0 Å². The summed E-state index contributed by atoms with van der Waals surface area (Å²) in [6.07, 6.45) is -0.405. The Labute approximate surface area is 84.6 Å². The second-order valence-corrected chi connectivity index (χ2v) is 4.36. The summed E-state index contributed by atoms with van der Waals surface area (Å²) < 4.78 is 5.12. The standard InChI is InChI=1S/C9H19N3O2/c1-9(2,3)14-8(13)12-7-6-10-4-5-11-7/h7,10-11H,4-6H2,1-3H3,(H,12,13). The predicted octanol–water partition coefficient (Wildman–Crippen LogP) is 0.0300. The van der Waals surface area contributed by atoms with Crippen molar-refractivity contribution in [2.75, 3.05) is 19.6 Å². The third kappa shape index (κ3) is 4.43. The highest BCUT2D eigenvalue weighted by Gasteiger charge is 2.19. The number of ether oxygens (including phenoxy) is 1. The third-order valence-electron chi connectivity index (χ3n) is 1.73. The molecule has 1 rings (SSSR count). The largest absolute Gasteiger partial charge is 0.444 e. The third-order valence-corrected chi connectivity index (χ3v) is 1.73. The molecular weight excluding hydrogens is 182 g/mol. The van der Waals surface area contributed by atoms with Crippen molar-refractivity contribution < 1.29 is 9.53 Å². The molecule has 0 radical (unpaired) electrons. The normalized spacial score (nSPS) is 22.9. The number of carbonyl (C=O) groups excluding carboxylic acids is 1. The molecule has 0 aromatic carbocycles. The lowest BCUT2D eigenvalue weighted by Gasteiger charge is -2.27. The minimum atomic E-state index is -0.438. The van der Waals surface area contributed by atoms with E-state index in [0.717, 1.165) is 19.6 Å². The zero-order chi connectivity index (χ0) is 10.6. The smallest absolute Gasteiger partial charge is 0.408 e. The molecule has 0 aromatic heterocycles. The molecule has 14 heavy (non-hydrogen) atoms. The zero-order valence-corrected chi connectivity index (χ0v) is 9.02. The summed E-state index contributed by atoms with van der Waals surface area (Å²) in [4.78, 5) is 11.3. The van der Waals surface area contributed by atoms with Gasteiger partial charge in [-0.2, -0.15) is 0 Å². The number of amides is 1. The van der Waals surface area contributed by atoms with Crippen molar-refractivity contribution in [3.63, 3.8) is 0 Å². The average molecular weight is 201 g/mol. The van der Waals surface area contributed by atoms with Crippen LogP contribution >= 0.6 is 0 Å². The molecule has 1 aliphatic rings. The number of nitrogens with one attached hydrogen (secondary N) is 3. The van der Waals surface area contributed by atoms with Crippen LogP contribution in [0.1, 0.15) is 20.8 Å². The van der Waals surface area contributed by atoms with Gasteiger partial charge >= 0.3 is 6.09 Å². The number of alkyl carbamates (subject to hydrolysis) is 1. The van der Waals surface area contributed by atoms with Gasteiger partial charge in [-0.25, -0.2) is 4.79 Å². The Bertz CT molecular complexity index is 195. The molecule has 1 saturated heterocycles. The van der Waals surface area contributed by atoms with Crippen molar-refractivity contribution in [2.24, 2.45) is 0 Å². The molecular formula is C9H19N3O2. The highest BCUT2D eigenvalue weighted by Crippen LogP contribution is 2.06. The monoisotopic (exact) mass is 201 g/mol. The van der Waals surface area contributed by atoms with Gasteiger partial charge < -0.3 is 15.4 Å². The maximum absolute atomic E-state index is 11.3. The topological polar surface area (TPSA) is 62.4 Å². The Kier molecular flexibility index (Phi) is 3.71. The van der Waals surface area contributed by atoms with Crippen LogP contribution in [0.3, 0.4) is 0 Å². The van der Waals surface area contributed by atoms with E-state index in [1.54, 1.807) is 0 Å². The van der Waals surface area contributed by atoms with Crippen LogP contribution in [0.4, 0.5) is 4.79 Å². The first-order valence-electron chi connectivity index (χ1n) is 4.91. The van der Waals surface area contributed by atoms with E-state index in [1.807, 2.05) is 20.8 Å². The van der Waals surface area contributed by atoms with Crippen molar-refractivity contribution in [1.82, 2.24) is 16.0 Å². The number of carbonyl (C=O) groups is 1. The van der Waals surface area contributed by atoms with E-state index in [4.69, 9.17) is 4.74 Å². The van der Waals surface area contributed by atoms with Gasteiger partial charge in [0, 0.05) is 19.6 Å². The molecule has 0 aliphatic carbocycles. The number of hydrogen-bond acceptors (Lipinski definition) is 4. The van der Waals surface area contributed by atoms with Gasteiger partial charge in [-0.1, -0.05) is 0 Å². The molecule has 1 amide bonds. The molecule has 1 fully saturated rings. The maximum Gasteiger partial charge on any atom is 0.408 e. The fraction of sp³-hybridized carbons (Fsp3) is 0.889. The Morgan fingerprint density at radius 3 is 2.64 bits per heavy atom. The predicted molar refractivity (Wildman–Crippen MR) is 54.0 cm³/mol. The Morgan fingerprint density at radius 2 is 2.14 bits per heavy atom. The Balaban J connectivity index is 2.25. The van der Waals surface area contributed by atoms with Crippen LogP contribution in [-0.4, -0.2) is 37.5 Å². The van der Waals surface area contributed by atoms with Crippen molar-refractivity contribution in [1.29, 1.82) is 0 Å². The summed E-state index contributed by atoms with van der Waals surface area (Å²) in [7, 11) is 0. The van der Waals surface area contributed by atoms with Crippen LogP contribution in [0.2, 0.25) is 0 Å². The fourth-order valence-electron chi connectivity index (χ4n) is 1.21. The summed E-state index contributed by atoms with van der Waals surface area (Å²) >= 11 is 0. The lowest BCUT2D eigenvalue weighted by atomic mass is 10.2. The molecule has 1 atom stereocenters. The number of hydrogen-bond donors (Lipinski definition) is 3. The fourth-order valence-corrected chi connectivity index (χ4v) is 1.21. The quantitative estimate of drug-likeness (QED) is 0.560. The average Bonchev–Trinajstić information content (AvgIpc) is 2.02. The molecule has 1 aliphatic heterocycles. The SMILES string of the molecule is CC(C)(C)OC(=O)NC1CNCCN1. The van der Waals surface area contributed by atoms with Crippen LogP contribution in [0.15, 0.2) is 0 Å². The molecule has 3 N–H and O–H groups in total. The highest BCUT2D eigenvalue weighted by molar-refractivity contribution is 5.68. The van der Waals surface area contributed by atoms with E-state index >= 15 is 0 Å². The van der Waals surface area contributed by atoms with Gasteiger partial charge in [-0.05, 0) is 20.8 Å². The number of rotatable bonds is 1. The molecule has 0 saturated carbocycles. The highest BCUT2D eigenvalue weighted by atomic mass is 16.6. The van der Waals surface area contributed by atoms with Gasteiger partial charge in [0.05, 0.1) is 6.17 Å². The molecule has 0 bridgehead atoms. The van der Waals surface area contributed by atoms with Crippen LogP contribution in [0, 0.1) is 0 Å². The van der Waals surface area contributed by atoms with Crippen LogP contribution in [0.25, 0.3) is 0 Å². The first-order chi connectivity index (χ1) is 6.47. The van der Waals surface area contributed by atoms with Crippen molar-refractivity contribution in [2.45, 2.75) is 32.5 Å². The first-order valence-corrected chi connectivity index (χ1v) is 4.91. The summed E-state index contributed by atoms with van der Waals surface area (Å²) in [6.45, 7) is 8.07. The Hall–Kier alpha value is -0.810. The van der Waals surface area contributed by atoms with Gasteiger partial charge in [0.15, 0.2) is 0 Å². The second kappa shape index (κ2) is 4.61. The van der Waals surface area contributed by atoms with Crippen molar-refractivity contribution in [3.8, 4) is 0 Å². The van der Waals surface area contributed by atoms with Gasteiger partial charge in [-0.3, -0.25) is 5.32 Å². The van der Waals surface area contributed by atoms with E-state index in [9.17, 15) is 4.79 Å². The molecule has 0 spiro atoms. The van der Waals surface area contributed by atoms with Crippen molar-refractivity contribution >= 4 is 6.09 Å². The minimum Gasteiger partial charge on any atom is -0.444 e. The lowest BCUT2D eigenvalue weighted by molar-refractivity contribution is 0.0490. The molecule has 1 unspecified atom stereocenters. The van der Waals surface area contributed by atoms with E-state index < -0.39 is 5.60 Å². The van der Waals surface area contributed by atoms with E-state index in [2.05, 4.69) is 16.0 Å². The van der Waals surface area contributed by atoms with E-state index in [0.29, 0.717) is 0 Å². The second-order valence-electron chi connectivity index (χ2n) is 4.36. The first kappa shape index (κ1) is 11.3. The molecule has 0 aromatic rings. The van der Waals surface area contributed by atoms with Crippen LogP contribution < -0.4 is 16.0 Å². The molecule has 5 heteroatoms. The summed E-state index contributed by atoms with van der Waals surface area (Å²) in [5.41, 5.74) is -0.438. The van der Waals surface area contributed by atoms with E-state index in [-0.39, 0.29) is 12.3 Å². The van der Waals surface area contributed by atoms with Crippen LogP contribution in [0.5, 0.6) is 0 Å². The minimum absolute atomic E-state index is 0.0291. The van der Waals surface area contributed by atoms with E-state index in [1.165, 1.54) is 0 Å². The summed E-state index contributed by atoms with van der Waals surface area (Å²) in [5.74, 6) is 0. The lowest BCUT2D eigenvalue weighted by Crippen LogP contribution is -2.57. The molecule has 5 nitrogen and oxygen atoms in total. The molecule has 82 valence electrons.